The fraction of sp³-hybridized carbons (Fsp3) is 0.900. The van der Waals surface area contributed by atoms with Crippen LogP contribution in [0.2, 0.25) is 0 Å². The Labute approximate surface area is 70.8 Å². The Bertz CT molecular complexity index is 53.9. The van der Waals surface area contributed by atoms with Crippen molar-refractivity contribution in [1.29, 1.82) is 0 Å². The lowest BCUT2D eigenvalue weighted by molar-refractivity contribution is 0.186. The van der Waals surface area contributed by atoms with Gasteiger partial charge in [-0.3, -0.25) is 0 Å². The van der Waals surface area contributed by atoms with E-state index in [4.69, 9.17) is 0 Å². The van der Waals surface area contributed by atoms with E-state index in [0.29, 0.717) is 0 Å². The third-order valence-corrected chi connectivity index (χ3v) is 1.89. The Morgan fingerprint density at radius 2 is 1.18 bits per heavy atom. The molecule has 0 unspecified atom stereocenters. The highest BCUT2D eigenvalue weighted by atomic mass is 16.2. The number of rotatable bonds is 8. The minimum atomic E-state index is 0.110. The molecule has 0 spiro atoms. The molecular weight excluding hydrogens is 136 g/mol. The first-order chi connectivity index (χ1) is 5.41. The van der Waals surface area contributed by atoms with Crippen molar-refractivity contribution in [3.63, 3.8) is 0 Å². The molecule has 0 aliphatic rings. The van der Waals surface area contributed by atoms with Gasteiger partial charge in [0.1, 0.15) is 0 Å². The average molecular weight is 156 g/mol. The van der Waals surface area contributed by atoms with Gasteiger partial charge in [0.05, 0.1) is 6.61 Å². The van der Waals surface area contributed by atoms with Crippen LogP contribution in [0.4, 0.5) is 0 Å². The predicted octanol–water partition coefficient (Wildman–Crippen LogP) is 3.37. The van der Waals surface area contributed by atoms with Crippen molar-refractivity contribution in [1.82, 2.24) is 0 Å². The summed E-state index contributed by atoms with van der Waals surface area (Å²) in [5.41, 5.74) is 0. The normalized spacial score (nSPS) is 10.4. The van der Waals surface area contributed by atoms with Crippen LogP contribution in [0, 0.1) is 6.92 Å². The summed E-state index contributed by atoms with van der Waals surface area (Å²) in [7, 11) is 0. The molecule has 0 aliphatic heterocycles. The zero-order chi connectivity index (χ0) is 8.36. The maximum atomic E-state index is 10.1. The minimum absolute atomic E-state index is 0.110. The van der Waals surface area contributed by atoms with E-state index in [2.05, 4.69) is 6.92 Å². The highest BCUT2D eigenvalue weighted by Crippen LogP contribution is 2.07. The summed E-state index contributed by atoms with van der Waals surface area (Å²) in [5.74, 6) is 0. The molecule has 0 amide bonds. The van der Waals surface area contributed by atoms with E-state index >= 15 is 0 Å². The molecule has 1 nitrogen and oxygen atoms in total. The monoisotopic (exact) mass is 156 g/mol. The molecule has 11 heavy (non-hydrogen) atoms. The first-order valence-corrected chi connectivity index (χ1v) is 4.79. The van der Waals surface area contributed by atoms with Crippen molar-refractivity contribution in [2.45, 2.75) is 51.4 Å². The molecule has 66 valence electrons. The van der Waals surface area contributed by atoms with Crippen LogP contribution >= 0.6 is 0 Å². The van der Waals surface area contributed by atoms with Gasteiger partial charge in [-0.15, -0.1) is 0 Å². The molecular formula is C10H20O. The fourth-order valence-electron chi connectivity index (χ4n) is 1.16. The second-order valence-electron chi connectivity index (χ2n) is 3.03. The smallest absolute Gasteiger partial charge is 0.0822 e. The van der Waals surface area contributed by atoms with Gasteiger partial charge in [-0.05, 0) is 6.42 Å². The molecule has 2 radical (unpaired) electrons. The fourth-order valence-corrected chi connectivity index (χ4v) is 1.16. The van der Waals surface area contributed by atoms with Crippen LogP contribution < -0.4 is 0 Å². The van der Waals surface area contributed by atoms with Crippen molar-refractivity contribution in [3.8, 4) is 0 Å². The SMILES string of the molecule is [CH2]CCCCCCCCC[O]. The molecule has 1 heteroatoms. The molecule has 0 N–H and O–H groups in total. The number of hydrogen-bond donors (Lipinski definition) is 0. The average Bonchev–Trinajstić information content (AvgIpc) is 2.03. The van der Waals surface area contributed by atoms with Gasteiger partial charge in [0.2, 0.25) is 0 Å². The van der Waals surface area contributed by atoms with Crippen LogP contribution in [0.3, 0.4) is 0 Å². The summed E-state index contributed by atoms with van der Waals surface area (Å²) in [6.07, 6.45) is 9.54. The molecule has 0 bridgehead atoms. The largest absolute Gasteiger partial charge is 0.237 e. The zero-order valence-electron chi connectivity index (χ0n) is 7.48. The molecule has 0 aromatic heterocycles. The highest BCUT2D eigenvalue weighted by Gasteiger charge is 1.89. The van der Waals surface area contributed by atoms with Crippen LogP contribution in [0.1, 0.15) is 51.4 Å². The van der Waals surface area contributed by atoms with Gasteiger partial charge in [-0.1, -0.05) is 51.9 Å². The Kier molecular flexibility index (Phi) is 9.92. The van der Waals surface area contributed by atoms with Crippen LogP contribution in [-0.4, -0.2) is 6.61 Å². The molecule has 0 rings (SSSR count). The van der Waals surface area contributed by atoms with Crippen LogP contribution in [0.5, 0.6) is 0 Å². The summed E-state index contributed by atoms with van der Waals surface area (Å²) in [5, 5.41) is 10.1. The standard InChI is InChI=1S/C10H20O/c1-2-3-4-5-6-7-8-9-10-11/h1-10H2. The first-order valence-electron chi connectivity index (χ1n) is 4.79. The van der Waals surface area contributed by atoms with E-state index in [0.717, 1.165) is 19.3 Å². The van der Waals surface area contributed by atoms with Crippen LogP contribution in [0.25, 0.3) is 0 Å². The van der Waals surface area contributed by atoms with E-state index in [9.17, 15) is 5.11 Å². The van der Waals surface area contributed by atoms with Crippen LogP contribution in [-0.2, 0) is 5.11 Å². The number of hydrogen-bond acceptors (Lipinski definition) is 0. The van der Waals surface area contributed by atoms with Gasteiger partial charge < -0.3 is 0 Å². The van der Waals surface area contributed by atoms with Crippen molar-refractivity contribution in [2.75, 3.05) is 6.61 Å². The topological polar surface area (TPSA) is 19.9 Å². The van der Waals surface area contributed by atoms with Crippen molar-refractivity contribution in [3.05, 3.63) is 6.92 Å². The van der Waals surface area contributed by atoms with E-state index < -0.39 is 0 Å². The van der Waals surface area contributed by atoms with Gasteiger partial charge >= 0.3 is 0 Å². The quantitative estimate of drug-likeness (QED) is 0.480. The van der Waals surface area contributed by atoms with Crippen molar-refractivity contribution < 1.29 is 5.11 Å². The molecule has 0 heterocycles. The van der Waals surface area contributed by atoms with E-state index in [1.807, 2.05) is 0 Å². The molecule has 0 atom stereocenters. The summed E-state index contributed by atoms with van der Waals surface area (Å²) in [6, 6.07) is 0. The summed E-state index contributed by atoms with van der Waals surface area (Å²) in [6.45, 7) is 3.90. The summed E-state index contributed by atoms with van der Waals surface area (Å²) in [4.78, 5) is 0. The van der Waals surface area contributed by atoms with E-state index in [1.165, 1.54) is 32.1 Å². The minimum Gasteiger partial charge on any atom is -0.237 e. The van der Waals surface area contributed by atoms with Crippen molar-refractivity contribution in [2.24, 2.45) is 0 Å². The maximum absolute atomic E-state index is 10.1. The van der Waals surface area contributed by atoms with Gasteiger partial charge in [0.25, 0.3) is 0 Å². The first kappa shape index (κ1) is 11.0. The molecule has 0 saturated carbocycles. The van der Waals surface area contributed by atoms with E-state index in [-0.39, 0.29) is 6.61 Å². The lowest BCUT2D eigenvalue weighted by Gasteiger charge is -1.98. The lowest BCUT2D eigenvalue weighted by atomic mass is 10.1. The van der Waals surface area contributed by atoms with Gasteiger partial charge in [-0.2, -0.15) is 0 Å². The van der Waals surface area contributed by atoms with Gasteiger partial charge in [0, 0.05) is 0 Å². The molecule has 0 fully saturated rings. The van der Waals surface area contributed by atoms with Gasteiger partial charge in [-0.25, -0.2) is 5.11 Å². The van der Waals surface area contributed by atoms with Crippen molar-refractivity contribution >= 4 is 0 Å². The highest BCUT2D eigenvalue weighted by molar-refractivity contribution is 4.46. The van der Waals surface area contributed by atoms with E-state index in [1.54, 1.807) is 0 Å². The Balaban J connectivity index is 2.69. The third-order valence-electron chi connectivity index (χ3n) is 1.89. The molecule has 0 saturated heterocycles. The molecule has 0 aliphatic carbocycles. The maximum Gasteiger partial charge on any atom is 0.0822 e. The Morgan fingerprint density at radius 3 is 1.64 bits per heavy atom. The third kappa shape index (κ3) is 9.96. The summed E-state index contributed by atoms with van der Waals surface area (Å²) >= 11 is 0. The Morgan fingerprint density at radius 1 is 0.727 bits per heavy atom. The Hall–Kier alpha value is -0.0400. The molecule has 0 aromatic carbocycles. The predicted molar refractivity (Wildman–Crippen MR) is 47.8 cm³/mol. The van der Waals surface area contributed by atoms with Gasteiger partial charge in [0.15, 0.2) is 0 Å². The molecule has 0 aromatic rings. The zero-order valence-corrected chi connectivity index (χ0v) is 7.48. The number of unbranched alkanes of at least 4 members (excludes halogenated alkanes) is 7. The second-order valence-corrected chi connectivity index (χ2v) is 3.03. The lowest BCUT2D eigenvalue weighted by Crippen LogP contribution is -1.82. The van der Waals surface area contributed by atoms with Crippen LogP contribution in [0.15, 0.2) is 0 Å². The second kappa shape index (κ2) is 9.96. The summed E-state index contributed by atoms with van der Waals surface area (Å²) < 4.78 is 0.